The van der Waals surface area contributed by atoms with Crippen molar-refractivity contribution in [3.63, 3.8) is 0 Å². The van der Waals surface area contributed by atoms with Gasteiger partial charge in [-0.25, -0.2) is 0 Å². The van der Waals surface area contributed by atoms with Crippen LogP contribution < -0.4 is 5.32 Å². The van der Waals surface area contributed by atoms with E-state index in [1.54, 1.807) is 11.3 Å². The van der Waals surface area contributed by atoms with Crippen LogP contribution in [-0.2, 0) is 17.6 Å². The van der Waals surface area contributed by atoms with Gasteiger partial charge in [0.25, 0.3) is 0 Å². The van der Waals surface area contributed by atoms with Crippen LogP contribution in [0, 0.1) is 17.2 Å². The highest BCUT2D eigenvalue weighted by molar-refractivity contribution is 7.07. The van der Waals surface area contributed by atoms with E-state index in [1.807, 2.05) is 41.8 Å². The Morgan fingerprint density at radius 3 is 2.70 bits per heavy atom. The third-order valence-corrected chi connectivity index (χ3v) is 3.78. The van der Waals surface area contributed by atoms with Gasteiger partial charge in [0.1, 0.15) is 5.92 Å². The van der Waals surface area contributed by atoms with Crippen LogP contribution >= 0.6 is 11.3 Å². The summed E-state index contributed by atoms with van der Waals surface area (Å²) in [6.07, 6.45) is 1.26. The van der Waals surface area contributed by atoms with Crippen molar-refractivity contribution in [3.05, 3.63) is 58.3 Å². The summed E-state index contributed by atoms with van der Waals surface area (Å²) < 4.78 is 0. The van der Waals surface area contributed by atoms with Gasteiger partial charge in [-0.2, -0.15) is 16.6 Å². The van der Waals surface area contributed by atoms with Crippen LogP contribution in [-0.4, -0.2) is 12.5 Å². The zero-order valence-corrected chi connectivity index (χ0v) is 11.9. The van der Waals surface area contributed by atoms with Crippen molar-refractivity contribution >= 4 is 17.2 Å². The molecule has 102 valence electrons. The van der Waals surface area contributed by atoms with Crippen molar-refractivity contribution in [1.82, 2.24) is 5.32 Å². The molecule has 3 nitrogen and oxygen atoms in total. The first kappa shape index (κ1) is 14.3. The number of amides is 1. The van der Waals surface area contributed by atoms with Crippen LogP contribution in [0.2, 0.25) is 0 Å². The zero-order chi connectivity index (χ0) is 14.2. The molecule has 0 spiro atoms. The Labute approximate surface area is 122 Å². The Hall–Kier alpha value is -2.12. The minimum Gasteiger partial charge on any atom is -0.355 e. The van der Waals surface area contributed by atoms with Crippen LogP contribution in [0.15, 0.2) is 47.2 Å². The highest BCUT2D eigenvalue weighted by Crippen LogP contribution is 2.09. The second-order valence-corrected chi connectivity index (χ2v) is 5.32. The first-order chi connectivity index (χ1) is 9.79. The summed E-state index contributed by atoms with van der Waals surface area (Å²) in [6, 6.07) is 13.7. The number of nitrogens with zero attached hydrogens (tertiary/aromatic N) is 1. The van der Waals surface area contributed by atoms with Crippen molar-refractivity contribution < 1.29 is 4.79 Å². The average Bonchev–Trinajstić information content (AvgIpc) is 2.99. The van der Waals surface area contributed by atoms with Crippen LogP contribution in [0.5, 0.6) is 0 Å². The van der Waals surface area contributed by atoms with E-state index in [0.717, 1.165) is 12.0 Å². The lowest BCUT2D eigenvalue weighted by Crippen LogP contribution is -2.32. The van der Waals surface area contributed by atoms with Gasteiger partial charge in [0.2, 0.25) is 5.91 Å². The Morgan fingerprint density at radius 1 is 1.25 bits per heavy atom. The first-order valence-corrected chi connectivity index (χ1v) is 7.46. The van der Waals surface area contributed by atoms with Crippen molar-refractivity contribution in [2.24, 2.45) is 5.92 Å². The molecule has 0 aliphatic heterocycles. The highest BCUT2D eigenvalue weighted by Gasteiger charge is 2.17. The summed E-state index contributed by atoms with van der Waals surface area (Å²) in [7, 11) is 0. The molecular weight excluding hydrogens is 268 g/mol. The maximum absolute atomic E-state index is 12.0. The SMILES string of the molecule is N#CC(Cc1ccccc1)C(=O)NCCc1ccsc1. The summed E-state index contributed by atoms with van der Waals surface area (Å²) >= 11 is 1.65. The van der Waals surface area contributed by atoms with Gasteiger partial charge >= 0.3 is 0 Å². The fourth-order valence-corrected chi connectivity index (χ4v) is 2.64. The van der Waals surface area contributed by atoms with E-state index < -0.39 is 5.92 Å². The molecule has 1 aromatic heterocycles. The Balaban J connectivity index is 1.82. The molecule has 0 radical (unpaired) electrons. The molecule has 20 heavy (non-hydrogen) atoms. The Morgan fingerprint density at radius 2 is 2.05 bits per heavy atom. The predicted octanol–water partition coefficient (Wildman–Crippen LogP) is 2.79. The van der Waals surface area contributed by atoms with E-state index in [0.29, 0.717) is 13.0 Å². The lowest BCUT2D eigenvalue weighted by molar-refractivity contribution is -0.123. The first-order valence-electron chi connectivity index (χ1n) is 6.52. The number of nitriles is 1. The summed E-state index contributed by atoms with van der Waals surface area (Å²) in [6.45, 7) is 0.572. The number of hydrogen-bond acceptors (Lipinski definition) is 3. The van der Waals surface area contributed by atoms with Crippen molar-refractivity contribution in [2.75, 3.05) is 6.54 Å². The normalized spacial score (nSPS) is 11.6. The van der Waals surface area contributed by atoms with E-state index in [-0.39, 0.29) is 5.91 Å². The third kappa shape index (κ3) is 4.22. The average molecular weight is 284 g/mol. The van der Waals surface area contributed by atoms with Crippen molar-refractivity contribution in [2.45, 2.75) is 12.8 Å². The van der Waals surface area contributed by atoms with Crippen molar-refractivity contribution in [1.29, 1.82) is 5.26 Å². The number of rotatable bonds is 6. The minimum atomic E-state index is -0.625. The second-order valence-electron chi connectivity index (χ2n) is 4.54. The molecule has 0 bridgehead atoms. The maximum atomic E-state index is 12.0. The number of benzene rings is 1. The molecule has 0 aliphatic carbocycles. The Kier molecular flexibility index (Phi) is 5.33. The van der Waals surface area contributed by atoms with Gasteiger partial charge in [0, 0.05) is 6.54 Å². The number of nitrogens with one attached hydrogen (secondary N) is 1. The second kappa shape index (κ2) is 7.46. The number of carbonyl (C=O) groups excluding carboxylic acids is 1. The van der Waals surface area contributed by atoms with Gasteiger partial charge in [0.05, 0.1) is 6.07 Å². The lowest BCUT2D eigenvalue weighted by atomic mass is 10.00. The standard InChI is InChI=1S/C16H16N2OS/c17-11-15(10-13-4-2-1-3-5-13)16(19)18-8-6-14-7-9-20-12-14/h1-5,7,9,12,15H,6,8,10H2,(H,18,19). The molecule has 1 N–H and O–H groups in total. The topological polar surface area (TPSA) is 52.9 Å². The summed E-state index contributed by atoms with van der Waals surface area (Å²) in [5.74, 6) is -0.813. The third-order valence-electron chi connectivity index (χ3n) is 3.05. The van der Waals surface area contributed by atoms with Gasteiger partial charge in [0.15, 0.2) is 0 Å². The fourth-order valence-electron chi connectivity index (χ4n) is 1.93. The van der Waals surface area contributed by atoms with Gasteiger partial charge in [-0.05, 0) is 40.8 Å². The molecule has 0 saturated heterocycles. The van der Waals surface area contributed by atoms with Crippen molar-refractivity contribution in [3.8, 4) is 6.07 Å². The van der Waals surface area contributed by atoms with Gasteiger partial charge in [-0.1, -0.05) is 30.3 Å². The predicted molar refractivity (Wildman–Crippen MR) is 80.3 cm³/mol. The van der Waals surface area contributed by atoms with E-state index in [4.69, 9.17) is 5.26 Å². The maximum Gasteiger partial charge on any atom is 0.237 e. The van der Waals surface area contributed by atoms with Crippen LogP contribution in [0.3, 0.4) is 0 Å². The fraction of sp³-hybridized carbons (Fsp3) is 0.250. The molecule has 0 fully saturated rings. The monoisotopic (exact) mass is 284 g/mol. The van der Waals surface area contributed by atoms with Crippen LogP contribution in [0.1, 0.15) is 11.1 Å². The molecule has 1 heterocycles. The van der Waals surface area contributed by atoms with E-state index in [9.17, 15) is 4.79 Å². The molecule has 2 rings (SSSR count). The van der Waals surface area contributed by atoms with Gasteiger partial charge in [-0.15, -0.1) is 0 Å². The van der Waals surface area contributed by atoms with Crippen LogP contribution in [0.25, 0.3) is 0 Å². The number of thiophene rings is 1. The molecule has 0 aliphatic rings. The molecule has 1 unspecified atom stereocenters. The highest BCUT2D eigenvalue weighted by atomic mass is 32.1. The van der Waals surface area contributed by atoms with Gasteiger partial charge in [-0.3, -0.25) is 4.79 Å². The molecule has 1 aromatic carbocycles. The van der Waals surface area contributed by atoms with Gasteiger partial charge < -0.3 is 5.32 Å². The minimum absolute atomic E-state index is 0.188. The molecular formula is C16H16N2OS. The molecule has 2 aromatic rings. The summed E-state index contributed by atoms with van der Waals surface area (Å²) in [5, 5.41) is 16.1. The van der Waals surface area contributed by atoms with Crippen LogP contribution in [0.4, 0.5) is 0 Å². The molecule has 4 heteroatoms. The quantitative estimate of drug-likeness (QED) is 0.886. The Bertz CT molecular complexity index is 572. The largest absolute Gasteiger partial charge is 0.355 e. The lowest BCUT2D eigenvalue weighted by Gasteiger charge is -2.10. The molecule has 1 amide bonds. The molecule has 0 saturated carbocycles. The van der Waals surface area contributed by atoms with E-state index in [1.165, 1.54) is 5.56 Å². The zero-order valence-electron chi connectivity index (χ0n) is 11.1. The molecule has 1 atom stereocenters. The summed E-state index contributed by atoms with van der Waals surface area (Å²) in [4.78, 5) is 12.0. The van der Waals surface area contributed by atoms with E-state index >= 15 is 0 Å². The van der Waals surface area contributed by atoms with E-state index in [2.05, 4.69) is 16.8 Å². The number of hydrogen-bond donors (Lipinski definition) is 1. The number of carbonyl (C=O) groups is 1. The smallest absolute Gasteiger partial charge is 0.237 e. The summed E-state index contributed by atoms with van der Waals surface area (Å²) in [5.41, 5.74) is 2.22.